The number of hydrogen-bond acceptors (Lipinski definition) is 3. The number of hydrogen-bond donors (Lipinski definition) is 0. The second-order valence-electron chi connectivity index (χ2n) is 2.53. The largest absolute Gasteiger partial charge is 0.234 e. The van der Waals surface area contributed by atoms with E-state index < -0.39 is 0 Å². The van der Waals surface area contributed by atoms with Gasteiger partial charge < -0.3 is 0 Å². The molecule has 0 unspecified atom stereocenters. The standard InChI is InChI=1S/C8H3BrCl2N2S/c9-5-1-4(2-6(10)3-5)7-12-8(11)13-14-7/h1-3H. The fourth-order valence-electron chi connectivity index (χ4n) is 1.00. The first-order valence-electron chi connectivity index (χ1n) is 3.61. The Morgan fingerprint density at radius 3 is 2.57 bits per heavy atom. The van der Waals surface area contributed by atoms with Gasteiger partial charge in [0, 0.05) is 15.1 Å². The number of halogens is 3. The van der Waals surface area contributed by atoms with Crippen LogP contribution in [-0.4, -0.2) is 9.36 Å². The lowest BCUT2D eigenvalue weighted by atomic mass is 10.2. The van der Waals surface area contributed by atoms with Gasteiger partial charge in [-0.25, -0.2) is 4.98 Å². The molecule has 1 aromatic carbocycles. The average Bonchev–Trinajstić information content (AvgIpc) is 2.50. The molecule has 2 nitrogen and oxygen atoms in total. The molecule has 6 heteroatoms. The van der Waals surface area contributed by atoms with Crippen molar-refractivity contribution in [3.8, 4) is 10.6 Å². The van der Waals surface area contributed by atoms with E-state index in [1.807, 2.05) is 18.2 Å². The van der Waals surface area contributed by atoms with Crippen LogP contribution in [0.25, 0.3) is 10.6 Å². The van der Waals surface area contributed by atoms with Crippen LogP contribution in [0.4, 0.5) is 0 Å². The maximum Gasteiger partial charge on any atom is 0.234 e. The first-order valence-corrected chi connectivity index (χ1v) is 5.93. The molecule has 0 saturated heterocycles. The first-order chi connectivity index (χ1) is 6.65. The van der Waals surface area contributed by atoms with E-state index in [0.717, 1.165) is 15.0 Å². The fraction of sp³-hybridized carbons (Fsp3) is 0. The fourth-order valence-corrected chi connectivity index (χ4v) is 2.65. The van der Waals surface area contributed by atoms with Gasteiger partial charge in [-0.05, 0) is 41.3 Å². The summed E-state index contributed by atoms with van der Waals surface area (Å²) in [6.45, 7) is 0. The summed E-state index contributed by atoms with van der Waals surface area (Å²) < 4.78 is 4.80. The van der Waals surface area contributed by atoms with Crippen molar-refractivity contribution in [1.29, 1.82) is 0 Å². The van der Waals surface area contributed by atoms with Gasteiger partial charge in [-0.15, -0.1) is 0 Å². The van der Waals surface area contributed by atoms with Crippen molar-refractivity contribution in [3.05, 3.63) is 33.0 Å². The van der Waals surface area contributed by atoms with Crippen LogP contribution in [0.5, 0.6) is 0 Å². The smallest absolute Gasteiger partial charge is 0.205 e. The summed E-state index contributed by atoms with van der Waals surface area (Å²) in [5.41, 5.74) is 0.911. The van der Waals surface area contributed by atoms with Gasteiger partial charge in [0.2, 0.25) is 5.28 Å². The Bertz CT molecular complexity index is 452. The van der Waals surface area contributed by atoms with Crippen LogP contribution in [0, 0.1) is 0 Å². The van der Waals surface area contributed by atoms with E-state index in [1.165, 1.54) is 11.5 Å². The zero-order chi connectivity index (χ0) is 10.1. The average molecular weight is 310 g/mol. The van der Waals surface area contributed by atoms with Gasteiger partial charge in [-0.1, -0.05) is 27.5 Å². The predicted molar refractivity (Wildman–Crippen MR) is 63.1 cm³/mol. The highest BCUT2D eigenvalue weighted by molar-refractivity contribution is 9.10. The van der Waals surface area contributed by atoms with Crippen molar-refractivity contribution in [2.24, 2.45) is 0 Å². The summed E-state index contributed by atoms with van der Waals surface area (Å²) in [6.07, 6.45) is 0. The molecule has 72 valence electrons. The third-order valence-corrected chi connectivity index (χ3v) is 3.22. The molecule has 0 aliphatic carbocycles. The molecule has 1 heterocycles. The van der Waals surface area contributed by atoms with Gasteiger partial charge in [0.15, 0.2) is 0 Å². The molecule has 0 spiro atoms. The maximum atomic E-state index is 5.90. The SMILES string of the molecule is Clc1cc(Br)cc(-c2nc(Cl)ns2)c1. The Morgan fingerprint density at radius 1 is 1.21 bits per heavy atom. The van der Waals surface area contributed by atoms with Gasteiger partial charge in [-0.3, -0.25) is 0 Å². The monoisotopic (exact) mass is 308 g/mol. The Morgan fingerprint density at radius 2 is 2.00 bits per heavy atom. The summed E-state index contributed by atoms with van der Waals surface area (Å²) in [5, 5.41) is 1.68. The maximum absolute atomic E-state index is 5.90. The molecule has 0 amide bonds. The minimum atomic E-state index is 0.265. The number of benzene rings is 1. The van der Waals surface area contributed by atoms with E-state index in [-0.39, 0.29) is 5.28 Å². The quantitative estimate of drug-likeness (QED) is 0.786. The van der Waals surface area contributed by atoms with Crippen molar-refractivity contribution < 1.29 is 0 Å². The van der Waals surface area contributed by atoms with Gasteiger partial charge in [0.1, 0.15) is 5.01 Å². The Labute approximate surface area is 103 Å². The van der Waals surface area contributed by atoms with Gasteiger partial charge >= 0.3 is 0 Å². The highest BCUT2D eigenvalue weighted by Gasteiger charge is 2.06. The summed E-state index contributed by atoms with van der Waals surface area (Å²) in [7, 11) is 0. The zero-order valence-electron chi connectivity index (χ0n) is 6.67. The van der Waals surface area contributed by atoms with Crippen molar-refractivity contribution >= 4 is 50.7 Å². The normalized spacial score (nSPS) is 10.5. The molecule has 2 rings (SSSR count). The summed E-state index contributed by atoms with van der Waals surface area (Å²) in [5.74, 6) is 0. The third kappa shape index (κ3) is 2.25. The van der Waals surface area contributed by atoms with Crippen LogP contribution < -0.4 is 0 Å². The molecule has 1 aromatic heterocycles. The minimum absolute atomic E-state index is 0.265. The molecule has 2 aromatic rings. The van der Waals surface area contributed by atoms with Gasteiger partial charge in [-0.2, -0.15) is 4.37 Å². The van der Waals surface area contributed by atoms with Gasteiger partial charge in [0.05, 0.1) is 0 Å². The Hall–Kier alpha value is -0.160. The van der Waals surface area contributed by atoms with Crippen LogP contribution in [-0.2, 0) is 0 Å². The van der Waals surface area contributed by atoms with Crippen LogP contribution in [0.15, 0.2) is 22.7 Å². The van der Waals surface area contributed by atoms with Crippen molar-refractivity contribution in [2.75, 3.05) is 0 Å². The zero-order valence-corrected chi connectivity index (χ0v) is 10.6. The molecule has 0 aliphatic heterocycles. The Balaban J connectivity index is 2.51. The van der Waals surface area contributed by atoms with Crippen LogP contribution in [0.3, 0.4) is 0 Å². The highest BCUT2D eigenvalue weighted by atomic mass is 79.9. The third-order valence-electron chi connectivity index (χ3n) is 1.51. The molecular formula is C8H3BrCl2N2S. The van der Waals surface area contributed by atoms with E-state index in [2.05, 4.69) is 25.3 Å². The Kier molecular flexibility index (Phi) is 3.07. The molecule has 0 atom stereocenters. The second kappa shape index (κ2) is 4.14. The highest BCUT2D eigenvalue weighted by Crippen LogP contribution is 2.29. The van der Waals surface area contributed by atoms with E-state index in [0.29, 0.717) is 5.02 Å². The number of rotatable bonds is 1. The number of aromatic nitrogens is 2. The second-order valence-corrected chi connectivity index (χ2v) is 4.97. The van der Waals surface area contributed by atoms with Crippen LogP contribution in [0.2, 0.25) is 10.3 Å². The van der Waals surface area contributed by atoms with Crippen molar-refractivity contribution in [2.45, 2.75) is 0 Å². The van der Waals surface area contributed by atoms with Crippen LogP contribution in [0.1, 0.15) is 0 Å². The lowest BCUT2D eigenvalue weighted by molar-refractivity contribution is 1.33. The summed E-state index contributed by atoms with van der Waals surface area (Å²) in [6, 6.07) is 5.56. The molecule has 0 radical (unpaired) electrons. The van der Waals surface area contributed by atoms with E-state index in [1.54, 1.807) is 0 Å². The predicted octanol–water partition coefficient (Wildman–Crippen LogP) is 4.27. The van der Waals surface area contributed by atoms with Crippen molar-refractivity contribution in [1.82, 2.24) is 9.36 Å². The van der Waals surface area contributed by atoms with Crippen LogP contribution >= 0.6 is 50.7 Å². The summed E-state index contributed by atoms with van der Waals surface area (Å²) >= 11 is 16.1. The lowest BCUT2D eigenvalue weighted by Gasteiger charge is -1.97. The molecular weight excluding hydrogens is 307 g/mol. The first kappa shape index (κ1) is 10.4. The van der Waals surface area contributed by atoms with E-state index in [4.69, 9.17) is 23.2 Å². The molecule has 14 heavy (non-hydrogen) atoms. The van der Waals surface area contributed by atoms with E-state index in [9.17, 15) is 0 Å². The minimum Gasteiger partial charge on any atom is -0.205 e. The molecule has 0 fully saturated rings. The van der Waals surface area contributed by atoms with Crippen molar-refractivity contribution in [3.63, 3.8) is 0 Å². The molecule has 0 bridgehead atoms. The molecule has 0 N–H and O–H groups in total. The topological polar surface area (TPSA) is 25.8 Å². The lowest BCUT2D eigenvalue weighted by Crippen LogP contribution is -1.76. The number of nitrogens with zero attached hydrogens (tertiary/aromatic N) is 2. The molecule has 0 saturated carbocycles. The summed E-state index contributed by atoms with van der Waals surface area (Å²) in [4.78, 5) is 4.06. The van der Waals surface area contributed by atoms with E-state index >= 15 is 0 Å². The molecule has 0 aliphatic rings. The van der Waals surface area contributed by atoms with Gasteiger partial charge in [0.25, 0.3) is 0 Å².